The van der Waals surface area contributed by atoms with Crippen LogP contribution in [0.4, 0.5) is 0 Å². The van der Waals surface area contributed by atoms with Gasteiger partial charge in [0.05, 0.1) is 11.5 Å². The van der Waals surface area contributed by atoms with E-state index in [0.717, 1.165) is 6.42 Å². The first-order valence-electron chi connectivity index (χ1n) is 6.17. The Hall–Kier alpha value is -0.910. The molecule has 2 rings (SSSR count). The van der Waals surface area contributed by atoms with Crippen molar-refractivity contribution >= 4 is 10.0 Å². The Morgan fingerprint density at radius 3 is 2.67 bits per heavy atom. The van der Waals surface area contributed by atoms with Crippen molar-refractivity contribution < 1.29 is 13.5 Å². The van der Waals surface area contributed by atoms with Crippen molar-refractivity contribution in [2.24, 2.45) is 5.92 Å². The Morgan fingerprint density at radius 1 is 1.39 bits per heavy atom. The van der Waals surface area contributed by atoms with Crippen LogP contribution in [0.15, 0.2) is 29.2 Å². The number of aliphatic hydroxyl groups is 1. The Balaban J connectivity index is 2.36. The van der Waals surface area contributed by atoms with Gasteiger partial charge in [-0.3, -0.25) is 0 Å². The molecule has 0 aromatic heterocycles. The lowest BCUT2D eigenvalue weighted by atomic mass is 10.1. The average molecular weight is 269 g/mol. The lowest BCUT2D eigenvalue weighted by Gasteiger charge is -2.21. The normalized spacial score (nSPS) is 25.5. The largest absolute Gasteiger partial charge is 0.392 e. The van der Waals surface area contributed by atoms with Crippen molar-refractivity contribution in [1.29, 1.82) is 0 Å². The average Bonchev–Trinajstić information content (AvgIpc) is 2.69. The minimum atomic E-state index is -3.43. The van der Waals surface area contributed by atoms with Gasteiger partial charge in [-0.05, 0) is 37.0 Å². The van der Waals surface area contributed by atoms with E-state index in [2.05, 4.69) is 6.92 Å². The lowest BCUT2D eigenvalue weighted by molar-refractivity contribution is 0.281. The quantitative estimate of drug-likeness (QED) is 0.906. The Morgan fingerprint density at radius 2 is 2.11 bits per heavy atom. The maximum atomic E-state index is 12.5. The van der Waals surface area contributed by atoms with E-state index in [1.807, 2.05) is 6.92 Å². The summed E-state index contributed by atoms with van der Waals surface area (Å²) in [6.07, 6.45) is 0.902. The predicted molar refractivity (Wildman–Crippen MR) is 69.5 cm³/mol. The second-order valence-electron chi connectivity index (χ2n) is 5.07. The predicted octanol–water partition coefficient (Wildman–Crippen LogP) is 1.60. The fraction of sp³-hybridized carbons (Fsp3) is 0.538. The zero-order chi connectivity index (χ0) is 13.3. The number of benzene rings is 1. The number of rotatable bonds is 3. The summed E-state index contributed by atoms with van der Waals surface area (Å²) in [7, 11) is -3.43. The molecule has 5 heteroatoms. The molecule has 4 nitrogen and oxygen atoms in total. The number of hydrogen-bond acceptors (Lipinski definition) is 3. The van der Waals surface area contributed by atoms with Gasteiger partial charge in [0.1, 0.15) is 0 Å². The minimum absolute atomic E-state index is 0.0442. The first-order chi connectivity index (χ1) is 8.45. The molecule has 1 fully saturated rings. The van der Waals surface area contributed by atoms with E-state index in [1.54, 1.807) is 28.6 Å². The second-order valence-corrected chi connectivity index (χ2v) is 6.96. The van der Waals surface area contributed by atoms with Crippen molar-refractivity contribution in [3.8, 4) is 0 Å². The topological polar surface area (TPSA) is 57.6 Å². The van der Waals surface area contributed by atoms with Crippen LogP contribution >= 0.6 is 0 Å². The van der Waals surface area contributed by atoms with Crippen molar-refractivity contribution in [1.82, 2.24) is 4.31 Å². The molecule has 1 saturated heterocycles. The van der Waals surface area contributed by atoms with Crippen LogP contribution in [0.2, 0.25) is 0 Å². The summed E-state index contributed by atoms with van der Waals surface area (Å²) in [4.78, 5) is 0.273. The lowest BCUT2D eigenvalue weighted by Crippen LogP contribution is -2.34. The van der Waals surface area contributed by atoms with Crippen molar-refractivity contribution in [3.63, 3.8) is 0 Å². The van der Waals surface area contributed by atoms with Crippen molar-refractivity contribution in [2.45, 2.75) is 37.8 Å². The number of sulfonamides is 1. The fourth-order valence-corrected chi connectivity index (χ4v) is 4.37. The summed E-state index contributed by atoms with van der Waals surface area (Å²) >= 11 is 0. The monoisotopic (exact) mass is 269 g/mol. The Bertz CT molecular complexity index is 527. The highest BCUT2D eigenvalue weighted by Gasteiger charge is 2.35. The van der Waals surface area contributed by atoms with Gasteiger partial charge in [0.2, 0.25) is 10.0 Å². The van der Waals surface area contributed by atoms with E-state index in [9.17, 15) is 8.42 Å². The van der Waals surface area contributed by atoms with E-state index in [-0.39, 0.29) is 17.5 Å². The zero-order valence-corrected chi connectivity index (χ0v) is 11.5. The van der Waals surface area contributed by atoms with Crippen LogP contribution in [0.1, 0.15) is 25.8 Å². The van der Waals surface area contributed by atoms with Gasteiger partial charge in [-0.25, -0.2) is 8.42 Å². The van der Waals surface area contributed by atoms with E-state index >= 15 is 0 Å². The SMILES string of the molecule is CC1CC(C)N(S(=O)(=O)c2cccc(CO)c2)C1. The third-order valence-electron chi connectivity index (χ3n) is 3.41. The first-order valence-corrected chi connectivity index (χ1v) is 7.61. The van der Waals surface area contributed by atoms with Crippen molar-refractivity contribution in [2.75, 3.05) is 6.54 Å². The molecule has 1 N–H and O–H groups in total. The molecule has 0 spiro atoms. The van der Waals surface area contributed by atoms with Gasteiger partial charge < -0.3 is 5.11 Å². The molecular formula is C13H19NO3S. The first kappa shape index (κ1) is 13.5. The minimum Gasteiger partial charge on any atom is -0.392 e. The van der Waals surface area contributed by atoms with Gasteiger partial charge in [-0.1, -0.05) is 19.1 Å². The van der Waals surface area contributed by atoms with E-state index < -0.39 is 10.0 Å². The summed E-state index contributed by atoms with van der Waals surface area (Å²) in [6.45, 7) is 4.44. The summed E-state index contributed by atoms with van der Waals surface area (Å²) in [5.41, 5.74) is 0.621. The molecule has 100 valence electrons. The molecule has 2 unspecified atom stereocenters. The fourth-order valence-electron chi connectivity index (χ4n) is 2.54. The molecule has 1 aromatic carbocycles. The molecule has 1 aliphatic heterocycles. The molecule has 0 amide bonds. The van der Waals surface area contributed by atoms with E-state index in [1.165, 1.54) is 0 Å². The maximum Gasteiger partial charge on any atom is 0.243 e. The molecule has 0 aliphatic carbocycles. The zero-order valence-electron chi connectivity index (χ0n) is 10.7. The molecule has 0 bridgehead atoms. The molecule has 1 aromatic rings. The van der Waals surface area contributed by atoms with Gasteiger partial charge >= 0.3 is 0 Å². The van der Waals surface area contributed by atoms with Crippen molar-refractivity contribution in [3.05, 3.63) is 29.8 Å². The number of hydrogen-bond donors (Lipinski definition) is 1. The summed E-state index contributed by atoms with van der Waals surface area (Å²) < 4.78 is 26.6. The molecule has 0 radical (unpaired) electrons. The van der Waals surface area contributed by atoms with Crippen LogP contribution in [0.3, 0.4) is 0 Å². The molecular weight excluding hydrogens is 250 g/mol. The highest BCUT2D eigenvalue weighted by atomic mass is 32.2. The highest BCUT2D eigenvalue weighted by Crippen LogP contribution is 2.29. The third-order valence-corrected chi connectivity index (χ3v) is 5.39. The maximum absolute atomic E-state index is 12.5. The van der Waals surface area contributed by atoms with Crippen LogP contribution in [0.25, 0.3) is 0 Å². The smallest absolute Gasteiger partial charge is 0.243 e. The van der Waals surface area contributed by atoms with Gasteiger partial charge in [0.25, 0.3) is 0 Å². The number of aliphatic hydroxyl groups excluding tert-OH is 1. The van der Waals surface area contributed by atoms with Crippen LogP contribution in [-0.2, 0) is 16.6 Å². The molecule has 1 heterocycles. The van der Waals surface area contributed by atoms with Gasteiger partial charge in [0, 0.05) is 12.6 Å². The Labute approximate surface area is 108 Å². The standard InChI is InChI=1S/C13H19NO3S/c1-10-6-11(2)14(8-10)18(16,17)13-5-3-4-12(7-13)9-15/h3-5,7,10-11,15H,6,8-9H2,1-2H3. The van der Waals surface area contributed by atoms with E-state index in [0.29, 0.717) is 18.0 Å². The number of nitrogens with zero attached hydrogens (tertiary/aromatic N) is 1. The highest BCUT2D eigenvalue weighted by molar-refractivity contribution is 7.89. The third kappa shape index (κ3) is 2.43. The molecule has 18 heavy (non-hydrogen) atoms. The molecule has 2 atom stereocenters. The summed E-state index contributed by atoms with van der Waals surface area (Å²) in [6, 6.07) is 6.56. The Kier molecular flexibility index (Phi) is 3.75. The molecule has 0 saturated carbocycles. The van der Waals surface area contributed by atoms with Crippen LogP contribution in [0, 0.1) is 5.92 Å². The van der Waals surface area contributed by atoms with E-state index in [4.69, 9.17) is 5.11 Å². The van der Waals surface area contributed by atoms with Gasteiger partial charge in [0.15, 0.2) is 0 Å². The molecule has 1 aliphatic rings. The second kappa shape index (κ2) is 4.99. The van der Waals surface area contributed by atoms with Crippen LogP contribution < -0.4 is 0 Å². The van der Waals surface area contributed by atoms with Crippen LogP contribution in [0.5, 0.6) is 0 Å². The summed E-state index contributed by atoms with van der Waals surface area (Å²) in [5.74, 6) is 0.399. The summed E-state index contributed by atoms with van der Waals surface area (Å²) in [5, 5.41) is 9.08. The van der Waals surface area contributed by atoms with Crippen LogP contribution in [-0.4, -0.2) is 30.4 Å². The van der Waals surface area contributed by atoms with Gasteiger partial charge in [-0.2, -0.15) is 4.31 Å². The van der Waals surface area contributed by atoms with Gasteiger partial charge in [-0.15, -0.1) is 0 Å².